The summed E-state index contributed by atoms with van der Waals surface area (Å²) >= 11 is 0. The first kappa shape index (κ1) is 19.5. The zero-order valence-corrected chi connectivity index (χ0v) is 16.7. The Bertz CT molecular complexity index is 925. The van der Waals surface area contributed by atoms with Gasteiger partial charge in [-0.25, -0.2) is 4.98 Å². The number of allylic oxidation sites excluding steroid dienone is 1. The molecule has 0 fully saturated rings. The van der Waals surface area contributed by atoms with E-state index in [4.69, 9.17) is 15.2 Å². The number of anilines is 1. The lowest BCUT2D eigenvalue weighted by molar-refractivity contribution is 0.408. The molecule has 2 aromatic carbocycles. The summed E-state index contributed by atoms with van der Waals surface area (Å²) < 4.78 is 12.8. The van der Waals surface area contributed by atoms with Crippen molar-refractivity contribution in [2.45, 2.75) is 18.8 Å². The van der Waals surface area contributed by atoms with Crippen LogP contribution in [0.15, 0.2) is 61.3 Å². The van der Waals surface area contributed by atoms with Crippen LogP contribution in [-0.4, -0.2) is 23.8 Å². The van der Waals surface area contributed by atoms with Crippen LogP contribution in [0.3, 0.4) is 0 Å². The van der Waals surface area contributed by atoms with Crippen LogP contribution < -0.4 is 15.2 Å². The number of aromatic nitrogens is 2. The van der Waals surface area contributed by atoms with Crippen LogP contribution >= 0.6 is 0 Å². The summed E-state index contributed by atoms with van der Waals surface area (Å²) in [6, 6.07) is 14.4. The molecule has 0 spiro atoms. The van der Waals surface area contributed by atoms with E-state index in [0.717, 1.165) is 41.2 Å². The van der Waals surface area contributed by atoms with Crippen LogP contribution in [0, 0.1) is 0 Å². The molecule has 1 heterocycles. The number of hydrogen-bond acceptors (Lipinski definition) is 4. The van der Waals surface area contributed by atoms with Crippen LogP contribution in [0.2, 0.25) is 0 Å². The van der Waals surface area contributed by atoms with Crippen molar-refractivity contribution in [3.8, 4) is 11.5 Å². The number of aryl methyl sites for hydroxylation is 1. The molecule has 5 heteroatoms. The van der Waals surface area contributed by atoms with Gasteiger partial charge in [-0.15, -0.1) is 6.58 Å². The molecule has 0 saturated carbocycles. The van der Waals surface area contributed by atoms with Gasteiger partial charge in [0.2, 0.25) is 0 Å². The molecule has 5 nitrogen and oxygen atoms in total. The van der Waals surface area contributed by atoms with E-state index in [1.165, 1.54) is 5.56 Å². The van der Waals surface area contributed by atoms with Crippen LogP contribution in [0.1, 0.15) is 28.3 Å². The molecule has 0 radical (unpaired) electrons. The third-order valence-corrected chi connectivity index (χ3v) is 4.96. The van der Waals surface area contributed by atoms with Gasteiger partial charge in [0.15, 0.2) is 5.95 Å². The van der Waals surface area contributed by atoms with E-state index in [0.29, 0.717) is 5.95 Å². The highest BCUT2D eigenvalue weighted by Gasteiger charge is 2.21. The first-order chi connectivity index (χ1) is 13.5. The molecule has 0 aliphatic carbocycles. The molecule has 1 atom stereocenters. The summed E-state index contributed by atoms with van der Waals surface area (Å²) in [5.41, 5.74) is 10.4. The van der Waals surface area contributed by atoms with Gasteiger partial charge >= 0.3 is 0 Å². The number of nitrogens with zero attached hydrogens (tertiary/aromatic N) is 2. The summed E-state index contributed by atoms with van der Waals surface area (Å²) in [6.07, 6.45) is 5.47. The molecule has 0 aliphatic heterocycles. The average molecular weight is 377 g/mol. The van der Waals surface area contributed by atoms with Crippen LogP contribution in [0.5, 0.6) is 11.5 Å². The standard InChI is InChI=1S/C23H27N3O2/c1-5-6-16-7-12-22(28-4)18(13-16)14-20(21-15-26(2)23(24)25-21)17-8-10-19(27-3)11-9-17/h5,7-13,15,20H,1,6,14H2,2-4H3,(H2,24,25). The second kappa shape index (κ2) is 8.65. The molecule has 1 unspecified atom stereocenters. The van der Waals surface area contributed by atoms with Crippen LogP contribution in [0.25, 0.3) is 0 Å². The molecule has 2 N–H and O–H groups in total. The van der Waals surface area contributed by atoms with Crippen molar-refractivity contribution < 1.29 is 9.47 Å². The molecule has 0 bridgehead atoms. The molecular weight excluding hydrogens is 350 g/mol. The number of methoxy groups -OCH3 is 2. The predicted octanol–water partition coefficient (Wildman–Crippen LogP) is 4.12. The fraction of sp³-hybridized carbons (Fsp3) is 0.261. The molecule has 0 amide bonds. The fourth-order valence-electron chi connectivity index (χ4n) is 3.41. The van der Waals surface area contributed by atoms with E-state index in [2.05, 4.69) is 35.8 Å². The zero-order chi connectivity index (χ0) is 20.1. The Morgan fingerprint density at radius 2 is 1.89 bits per heavy atom. The lowest BCUT2D eigenvalue weighted by Crippen LogP contribution is -2.08. The summed E-state index contributed by atoms with van der Waals surface area (Å²) in [6.45, 7) is 3.84. The minimum Gasteiger partial charge on any atom is -0.497 e. The number of nitrogen functional groups attached to an aromatic ring is 1. The minimum absolute atomic E-state index is 0.0438. The van der Waals surface area contributed by atoms with Crippen molar-refractivity contribution in [1.82, 2.24) is 9.55 Å². The normalized spacial score (nSPS) is 11.8. The first-order valence-electron chi connectivity index (χ1n) is 9.25. The van der Waals surface area contributed by atoms with E-state index in [1.54, 1.807) is 14.2 Å². The minimum atomic E-state index is 0.0438. The highest BCUT2D eigenvalue weighted by molar-refractivity contribution is 5.43. The second-order valence-corrected chi connectivity index (χ2v) is 6.80. The zero-order valence-electron chi connectivity index (χ0n) is 16.7. The second-order valence-electron chi connectivity index (χ2n) is 6.80. The van der Waals surface area contributed by atoms with Crippen molar-refractivity contribution in [2.24, 2.45) is 7.05 Å². The van der Waals surface area contributed by atoms with Gasteiger partial charge < -0.3 is 19.8 Å². The molecular formula is C23H27N3O2. The molecule has 0 saturated heterocycles. The predicted molar refractivity (Wildman–Crippen MR) is 113 cm³/mol. The number of imidazole rings is 1. The lowest BCUT2D eigenvalue weighted by atomic mass is 9.88. The number of nitrogens with two attached hydrogens (primary N) is 1. The van der Waals surface area contributed by atoms with Gasteiger partial charge in [0.05, 0.1) is 19.9 Å². The van der Waals surface area contributed by atoms with Gasteiger partial charge in [-0.1, -0.05) is 30.3 Å². The summed E-state index contributed by atoms with van der Waals surface area (Å²) in [5, 5.41) is 0. The maximum absolute atomic E-state index is 6.01. The summed E-state index contributed by atoms with van der Waals surface area (Å²) in [7, 11) is 5.28. The first-order valence-corrected chi connectivity index (χ1v) is 9.25. The maximum Gasteiger partial charge on any atom is 0.200 e. The summed E-state index contributed by atoms with van der Waals surface area (Å²) in [4.78, 5) is 4.59. The highest BCUT2D eigenvalue weighted by atomic mass is 16.5. The van der Waals surface area contributed by atoms with E-state index in [-0.39, 0.29) is 5.92 Å². The monoisotopic (exact) mass is 377 g/mol. The van der Waals surface area contributed by atoms with E-state index in [9.17, 15) is 0 Å². The van der Waals surface area contributed by atoms with Crippen molar-refractivity contribution in [1.29, 1.82) is 0 Å². The molecule has 3 rings (SSSR count). The number of ether oxygens (including phenoxy) is 2. The maximum atomic E-state index is 6.01. The molecule has 0 aliphatic rings. The topological polar surface area (TPSA) is 62.3 Å². The molecule has 146 valence electrons. The molecule has 3 aromatic rings. The Balaban J connectivity index is 2.04. The average Bonchev–Trinajstić information content (AvgIpc) is 3.05. The van der Waals surface area contributed by atoms with Gasteiger partial charge in [-0.05, 0) is 47.7 Å². The van der Waals surface area contributed by atoms with Gasteiger partial charge in [0, 0.05) is 19.2 Å². The van der Waals surface area contributed by atoms with E-state index >= 15 is 0 Å². The van der Waals surface area contributed by atoms with Crippen molar-refractivity contribution in [2.75, 3.05) is 20.0 Å². The fourth-order valence-corrected chi connectivity index (χ4v) is 3.41. The van der Waals surface area contributed by atoms with Crippen LogP contribution in [-0.2, 0) is 19.9 Å². The smallest absolute Gasteiger partial charge is 0.200 e. The molecule has 28 heavy (non-hydrogen) atoms. The van der Waals surface area contributed by atoms with Crippen molar-refractivity contribution >= 4 is 5.95 Å². The quantitative estimate of drug-likeness (QED) is 0.600. The Kier molecular flexibility index (Phi) is 6.04. The van der Waals surface area contributed by atoms with Crippen LogP contribution in [0.4, 0.5) is 5.95 Å². The Hall–Kier alpha value is -3.21. The SMILES string of the molecule is C=CCc1ccc(OC)c(CC(c2ccc(OC)cc2)c2cn(C)c(N)n2)c1. The van der Waals surface area contributed by atoms with Gasteiger partial charge in [0.25, 0.3) is 0 Å². The number of benzene rings is 2. The largest absolute Gasteiger partial charge is 0.497 e. The van der Waals surface area contributed by atoms with Crippen molar-refractivity contribution in [3.63, 3.8) is 0 Å². The van der Waals surface area contributed by atoms with E-state index < -0.39 is 0 Å². The highest BCUT2D eigenvalue weighted by Crippen LogP contribution is 2.33. The molecule has 1 aromatic heterocycles. The van der Waals surface area contributed by atoms with Gasteiger partial charge in [0.1, 0.15) is 11.5 Å². The summed E-state index contributed by atoms with van der Waals surface area (Å²) in [5.74, 6) is 2.24. The lowest BCUT2D eigenvalue weighted by Gasteiger charge is -2.18. The Labute approximate surface area is 166 Å². The van der Waals surface area contributed by atoms with Crippen molar-refractivity contribution in [3.05, 3.63) is 83.7 Å². The number of rotatable bonds is 8. The third-order valence-electron chi connectivity index (χ3n) is 4.96. The Morgan fingerprint density at radius 3 is 2.46 bits per heavy atom. The van der Waals surface area contributed by atoms with Gasteiger partial charge in [-0.3, -0.25) is 0 Å². The number of hydrogen-bond donors (Lipinski definition) is 1. The third kappa shape index (κ3) is 4.19. The van der Waals surface area contributed by atoms with Gasteiger partial charge in [-0.2, -0.15) is 0 Å². The Morgan fingerprint density at radius 1 is 1.14 bits per heavy atom. The van der Waals surface area contributed by atoms with E-state index in [1.807, 2.05) is 42.1 Å².